The Hall–Kier alpha value is -3.65. The molecule has 16 nitrogen and oxygen atoms in total. The van der Waals surface area contributed by atoms with Crippen molar-refractivity contribution >= 4 is 37.4 Å². The topological polar surface area (TPSA) is 197 Å². The van der Waals surface area contributed by atoms with Gasteiger partial charge >= 0.3 is 5.97 Å². The summed E-state index contributed by atoms with van der Waals surface area (Å²) < 4.78 is 43.1. The minimum atomic E-state index is -2.43. The van der Waals surface area contributed by atoms with Crippen molar-refractivity contribution in [2.24, 2.45) is 35.5 Å². The summed E-state index contributed by atoms with van der Waals surface area (Å²) in [4.78, 5) is 74.1. The number of aliphatic hydroxyl groups is 2. The maximum atomic E-state index is 14.7. The summed E-state index contributed by atoms with van der Waals surface area (Å²) in [5.74, 6) is -6.81. The molecule has 2 N–H and O–H groups in total. The molecule has 16 atom stereocenters. The number of piperidine rings is 1. The van der Waals surface area contributed by atoms with Crippen molar-refractivity contribution < 1.29 is 67.3 Å². The molecule has 4 heterocycles. The van der Waals surface area contributed by atoms with Crippen molar-refractivity contribution in [2.75, 3.05) is 53.9 Å². The molecule has 0 spiro atoms. The second kappa shape index (κ2) is 31.3. The van der Waals surface area contributed by atoms with Crippen LogP contribution in [-0.2, 0) is 57.1 Å². The second-order valence-electron chi connectivity index (χ2n) is 25.5. The van der Waals surface area contributed by atoms with Gasteiger partial charge in [0.25, 0.3) is 11.7 Å². The molecule has 452 valence electrons. The Labute approximate surface area is 480 Å². The first-order valence-electron chi connectivity index (χ1n) is 29.9. The molecule has 0 aromatic carbocycles. The number of cyclic esters (lactones) is 1. The van der Waals surface area contributed by atoms with Crippen molar-refractivity contribution in [3.8, 4) is 0 Å². The van der Waals surface area contributed by atoms with Crippen molar-refractivity contribution in [1.82, 2.24) is 9.80 Å². The van der Waals surface area contributed by atoms with Gasteiger partial charge < -0.3 is 53.2 Å². The molecule has 0 aromatic rings. The lowest BCUT2D eigenvalue weighted by Gasteiger charge is -2.42. The highest BCUT2D eigenvalue weighted by molar-refractivity contribution is 6.76. The van der Waals surface area contributed by atoms with Crippen LogP contribution in [0.15, 0.2) is 59.8 Å². The highest BCUT2D eigenvalue weighted by Gasteiger charge is 2.53. The van der Waals surface area contributed by atoms with Crippen LogP contribution in [0.5, 0.6) is 0 Å². The number of ether oxygens (including phenoxy) is 7. The van der Waals surface area contributed by atoms with Gasteiger partial charge in [-0.15, -0.1) is 0 Å². The van der Waals surface area contributed by atoms with E-state index in [1.54, 1.807) is 48.2 Å². The predicted octanol–water partition coefficient (Wildman–Crippen LogP) is 9.08. The molecule has 0 radical (unpaired) electrons. The number of carbonyl (C=O) groups excluding carboxylic acids is 5. The Balaban J connectivity index is 1.39. The number of amides is 2. The van der Waals surface area contributed by atoms with Gasteiger partial charge in [-0.05, 0) is 125 Å². The van der Waals surface area contributed by atoms with E-state index in [2.05, 4.69) is 46.1 Å². The van der Waals surface area contributed by atoms with Crippen LogP contribution in [0.4, 0.5) is 0 Å². The van der Waals surface area contributed by atoms with Gasteiger partial charge in [0.05, 0.1) is 51.7 Å². The lowest BCUT2D eigenvalue weighted by molar-refractivity contribution is -0.265. The molecular weight excluding hydrogens is 1040 g/mol. The van der Waals surface area contributed by atoms with E-state index in [4.69, 9.17) is 33.2 Å². The zero-order valence-electron chi connectivity index (χ0n) is 51.0. The van der Waals surface area contributed by atoms with Gasteiger partial charge in [-0.25, -0.2) is 4.79 Å². The van der Waals surface area contributed by atoms with E-state index in [1.165, 1.54) is 4.90 Å². The highest BCUT2D eigenvalue weighted by atomic mass is 28.3. The fourth-order valence-electron chi connectivity index (χ4n) is 12.5. The van der Waals surface area contributed by atoms with Crippen LogP contribution >= 0.6 is 0 Å². The van der Waals surface area contributed by atoms with Gasteiger partial charge in [-0.3, -0.25) is 19.2 Å². The number of aliphatic hydroxyl groups excluding tert-OH is 1. The lowest BCUT2D eigenvalue weighted by atomic mass is 9.78. The molecule has 4 aliphatic heterocycles. The SMILES string of the molecule is C=C1[C@H](C)C[C@H](C)/C=C/C=C/C=C(\C)[C@@H](OC)C[C@@H]2CC[C@@H](C)[C@@](O)(O2)C(=O)C(=O)N2CCCC[C@H]2C(=O)O[C@H]([C@H](C)C[C@@H]2CC[C@@H](OC[C@@H]3CCC(=O)N3CCOC[Si](C)(C)C)[C@H](OC)C2)CC(=O)[C@H](C)/C=C(\C)[C@@H](O)[C@H]1OC. The van der Waals surface area contributed by atoms with Gasteiger partial charge in [0.15, 0.2) is 0 Å². The number of hydrogen-bond donors (Lipinski definition) is 2. The Bertz CT molecular complexity index is 2210. The summed E-state index contributed by atoms with van der Waals surface area (Å²) >= 11 is 0. The number of nitrogens with zero attached hydrogens (tertiary/aromatic N) is 2. The lowest BCUT2D eigenvalue weighted by Crippen LogP contribution is -2.61. The maximum absolute atomic E-state index is 14.7. The van der Waals surface area contributed by atoms with Crippen LogP contribution in [-0.4, -0.2) is 172 Å². The van der Waals surface area contributed by atoms with Crippen LogP contribution in [0.2, 0.25) is 19.6 Å². The Morgan fingerprint density at radius 2 is 1.60 bits per heavy atom. The van der Waals surface area contributed by atoms with Gasteiger partial charge in [-0.1, -0.05) is 97.3 Å². The van der Waals surface area contributed by atoms with E-state index in [0.29, 0.717) is 76.7 Å². The quantitative estimate of drug-likeness (QED) is 0.0549. The van der Waals surface area contributed by atoms with E-state index in [0.717, 1.165) is 43.1 Å². The number of Topliss-reactive ketones (excluding diaryl/α,β-unsaturated/α-hetero) is 2. The number of rotatable bonds is 14. The van der Waals surface area contributed by atoms with E-state index in [-0.39, 0.29) is 73.0 Å². The third-order valence-electron chi connectivity index (χ3n) is 17.7. The summed E-state index contributed by atoms with van der Waals surface area (Å²) in [7, 11) is 3.46. The first kappa shape index (κ1) is 67.1. The van der Waals surface area contributed by atoms with Crippen LogP contribution < -0.4 is 0 Å². The first-order chi connectivity index (χ1) is 37.8. The summed E-state index contributed by atoms with van der Waals surface area (Å²) in [6.07, 6.45) is 15.6. The van der Waals surface area contributed by atoms with Crippen LogP contribution in [0.3, 0.4) is 0 Å². The molecule has 0 unspecified atom stereocenters. The average molecular weight is 1140 g/mol. The fraction of sp³-hybridized carbons (Fsp3) is 0.762. The summed E-state index contributed by atoms with van der Waals surface area (Å²) in [5.41, 5.74) is 2.19. The molecule has 5 aliphatic rings. The van der Waals surface area contributed by atoms with Crippen LogP contribution in [0.25, 0.3) is 0 Å². The number of ketones is 2. The predicted molar refractivity (Wildman–Crippen MR) is 312 cm³/mol. The van der Waals surface area contributed by atoms with E-state index < -0.39 is 79.9 Å². The number of methoxy groups -OCH3 is 3. The van der Waals surface area contributed by atoms with Gasteiger partial charge in [0, 0.05) is 71.7 Å². The molecule has 0 aromatic heterocycles. The summed E-state index contributed by atoms with van der Waals surface area (Å²) in [5, 5.41) is 23.8. The minimum absolute atomic E-state index is 0.0114. The van der Waals surface area contributed by atoms with Crippen molar-refractivity contribution in [1.29, 1.82) is 0 Å². The zero-order valence-corrected chi connectivity index (χ0v) is 52.0. The standard InChI is InChI=1S/C63H102N2O14Si/c1-40-20-16-15-17-21-41(2)54(73-9)36-50-26-23-46(7)63(72,79-50)60(69)61(70)65-29-19-18-22-51(65)62(71)78-55(37-52(66)43(4)33-45(6)58(68)59(75-11)47(8)42(3)32-40)44(5)34-48-24-27-53(56(35-48)74-10)77-38-49-25-28-57(67)64(49)30-31-76-39-80(12,13)14/h15-17,20-21,33,40,42-44,46,48-51,53-56,58-59,68,72H,8,18-19,22-32,34-39H2,1-7,9-14H3/b17-15+,20-16+,41-21+,45-33+/t40-,42-,43-,44-,46-,48+,49+,50+,51+,53-,54+,55+,56-,58-,59+,63-/m1/s1. The van der Waals surface area contributed by atoms with E-state index >= 15 is 0 Å². The van der Waals surface area contributed by atoms with E-state index in [1.807, 2.05) is 43.1 Å². The van der Waals surface area contributed by atoms with Crippen molar-refractivity contribution in [3.05, 3.63) is 59.8 Å². The number of esters is 1. The molecule has 17 heteroatoms. The average Bonchev–Trinajstić information content (AvgIpc) is 3.79. The second-order valence-corrected chi connectivity index (χ2v) is 30.9. The van der Waals surface area contributed by atoms with Gasteiger partial charge in [0.2, 0.25) is 11.7 Å². The number of likely N-dealkylation sites (tertiary alicyclic amines) is 1. The molecule has 1 saturated carbocycles. The number of allylic oxidation sites excluding steroid dienone is 6. The summed E-state index contributed by atoms with van der Waals surface area (Å²) in [6, 6.07) is -1.17. The van der Waals surface area contributed by atoms with Crippen molar-refractivity contribution in [3.63, 3.8) is 0 Å². The monoisotopic (exact) mass is 1140 g/mol. The van der Waals surface area contributed by atoms with Gasteiger partial charge in [0.1, 0.15) is 30.1 Å². The number of fused-ring (bicyclic) bond motifs is 3. The Morgan fingerprint density at radius 3 is 2.29 bits per heavy atom. The fourth-order valence-corrected chi connectivity index (χ4v) is 13.2. The third-order valence-corrected chi connectivity index (χ3v) is 18.7. The third kappa shape index (κ3) is 18.7. The first-order valence-corrected chi connectivity index (χ1v) is 33.6. The van der Waals surface area contributed by atoms with Crippen LogP contribution in [0.1, 0.15) is 138 Å². The smallest absolute Gasteiger partial charge is 0.329 e. The normalized spacial score (nSPS) is 37.3. The molecule has 5 rings (SSSR count). The van der Waals surface area contributed by atoms with Gasteiger partial charge in [-0.2, -0.15) is 0 Å². The molecule has 80 heavy (non-hydrogen) atoms. The minimum Gasteiger partial charge on any atom is -0.460 e. The maximum Gasteiger partial charge on any atom is 0.329 e. The zero-order chi connectivity index (χ0) is 59.1. The van der Waals surface area contributed by atoms with E-state index in [9.17, 15) is 34.2 Å². The van der Waals surface area contributed by atoms with Crippen LogP contribution in [0, 0.1) is 35.5 Å². The number of hydrogen-bond acceptors (Lipinski definition) is 14. The van der Waals surface area contributed by atoms with Crippen molar-refractivity contribution in [2.45, 2.75) is 219 Å². The molecule has 3 saturated heterocycles. The largest absolute Gasteiger partial charge is 0.460 e. The molecule has 1 aliphatic carbocycles. The number of carbonyl (C=O) groups is 5. The Kier molecular flexibility index (Phi) is 26.3. The Morgan fingerprint density at radius 1 is 0.863 bits per heavy atom. The summed E-state index contributed by atoms with van der Waals surface area (Å²) in [6.45, 7) is 26.0. The highest BCUT2D eigenvalue weighted by Crippen LogP contribution is 2.39. The molecule has 2 amide bonds. The molecule has 4 fully saturated rings. The molecular formula is C63H102N2O14Si. The molecule has 2 bridgehead atoms.